The van der Waals surface area contributed by atoms with Crippen LogP contribution in [-0.2, 0) is 19.1 Å². The Kier molecular flexibility index (Phi) is 7.42. The second-order valence-corrected chi connectivity index (χ2v) is 5.22. The quantitative estimate of drug-likeness (QED) is 0.714. The van der Waals surface area contributed by atoms with Crippen LogP contribution in [-0.4, -0.2) is 36.3 Å². The van der Waals surface area contributed by atoms with Gasteiger partial charge in [-0.1, -0.05) is 19.3 Å². The van der Waals surface area contributed by atoms with Crippen molar-refractivity contribution in [2.45, 2.75) is 57.9 Å². The van der Waals surface area contributed by atoms with E-state index in [4.69, 9.17) is 0 Å². The van der Waals surface area contributed by atoms with Gasteiger partial charge in [-0.15, -0.1) is 0 Å². The minimum Gasteiger partial charge on any atom is -0.456 e. The van der Waals surface area contributed by atoms with Crippen LogP contribution in [0.5, 0.6) is 0 Å². The molecule has 1 aliphatic rings. The van der Waals surface area contributed by atoms with Gasteiger partial charge in [0.15, 0.2) is 6.61 Å². The number of ketones is 1. The summed E-state index contributed by atoms with van der Waals surface area (Å²) in [7, 11) is 0. The number of carbonyl (C=O) groups excluding carboxylic acids is 4. The van der Waals surface area contributed by atoms with Crippen LogP contribution in [0.1, 0.15) is 51.9 Å². The number of hydrogen-bond acceptors (Lipinski definition) is 5. The van der Waals surface area contributed by atoms with Crippen LogP contribution in [0.4, 0.5) is 4.79 Å². The third kappa shape index (κ3) is 8.06. The average Bonchev–Trinajstić information content (AvgIpc) is 2.43. The highest BCUT2D eigenvalue weighted by atomic mass is 16.5. The normalized spacial score (nSPS) is 15.1. The first-order valence-corrected chi connectivity index (χ1v) is 7.23. The molecule has 118 valence electrons. The molecule has 0 aliphatic heterocycles. The zero-order valence-electron chi connectivity index (χ0n) is 12.3. The summed E-state index contributed by atoms with van der Waals surface area (Å²) in [6.07, 6.45) is 5.19. The van der Waals surface area contributed by atoms with Gasteiger partial charge in [0.25, 0.3) is 5.91 Å². The van der Waals surface area contributed by atoms with Gasteiger partial charge in [0.05, 0.1) is 6.42 Å². The zero-order valence-corrected chi connectivity index (χ0v) is 12.3. The number of nitrogens with one attached hydrogen (secondary N) is 2. The number of hydrogen-bond donors (Lipinski definition) is 2. The largest absolute Gasteiger partial charge is 0.456 e. The molecule has 1 saturated carbocycles. The molecule has 3 amide bonds. The molecule has 7 nitrogen and oxygen atoms in total. The molecular weight excluding hydrogens is 276 g/mol. The van der Waals surface area contributed by atoms with Crippen molar-refractivity contribution in [2.24, 2.45) is 0 Å². The number of amides is 3. The second-order valence-electron chi connectivity index (χ2n) is 5.22. The molecule has 1 rings (SSSR count). The molecule has 2 N–H and O–H groups in total. The molecule has 0 heterocycles. The van der Waals surface area contributed by atoms with E-state index >= 15 is 0 Å². The van der Waals surface area contributed by atoms with Gasteiger partial charge in [-0.2, -0.15) is 0 Å². The van der Waals surface area contributed by atoms with Crippen molar-refractivity contribution < 1.29 is 23.9 Å². The number of ether oxygens (including phenoxy) is 1. The van der Waals surface area contributed by atoms with Gasteiger partial charge >= 0.3 is 12.0 Å². The highest BCUT2D eigenvalue weighted by Crippen LogP contribution is 2.17. The van der Waals surface area contributed by atoms with Crippen molar-refractivity contribution in [3.05, 3.63) is 0 Å². The minimum absolute atomic E-state index is 0.0586. The van der Waals surface area contributed by atoms with Gasteiger partial charge in [-0.3, -0.25) is 14.9 Å². The van der Waals surface area contributed by atoms with Gasteiger partial charge in [-0.05, 0) is 19.8 Å². The van der Waals surface area contributed by atoms with Crippen LogP contribution in [0.15, 0.2) is 0 Å². The Morgan fingerprint density at radius 1 is 1.05 bits per heavy atom. The van der Waals surface area contributed by atoms with Crippen molar-refractivity contribution >= 4 is 23.7 Å². The molecule has 7 heteroatoms. The fraction of sp³-hybridized carbons (Fsp3) is 0.714. The maximum Gasteiger partial charge on any atom is 0.321 e. The van der Waals surface area contributed by atoms with E-state index in [0.29, 0.717) is 0 Å². The third-order valence-electron chi connectivity index (χ3n) is 3.24. The lowest BCUT2D eigenvalue weighted by Gasteiger charge is -2.22. The first-order valence-electron chi connectivity index (χ1n) is 7.23. The van der Waals surface area contributed by atoms with Gasteiger partial charge in [0.2, 0.25) is 0 Å². The maximum atomic E-state index is 11.6. The van der Waals surface area contributed by atoms with Gasteiger partial charge in [0.1, 0.15) is 5.78 Å². The summed E-state index contributed by atoms with van der Waals surface area (Å²) in [5.41, 5.74) is 0. The van der Waals surface area contributed by atoms with Crippen molar-refractivity contribution in [1.82, 2.24) is 10.6 Å². The molecule has 1 fully saturated rings. The van der Waals surface area contributed by atoms with E-state index in [9.17, 15) is 19.2 Å². The van der Waals surface area contributed by atoms with E-state index < -0.39 is 24.5 Å². The highest BCUT2D eigenvalue weighted by Gasteiger charge is 2.17. The monoisotopic (exact) mass is 298 g/mol. The number of esters is 1. The summed E-state index contributed by atoms with van der Waals surface area (Å²) < 4.78 is 4.66. The Balaban J connectivity index is 2.15. The Morgan fingerprint density at radius 2 is 1.71 bits per heavy atom. The molecule has 0 aromatic carbocycles. The van der Waals surface area contributed by atoms with Gasteiger partial charge < -0.3 is 14.8 Å². The zero-order chi connectivity index (χ0) is 15.7. The topological polar surface area (TPSA) is 102 Å². The van der Waals surface area contributed by atoms with Crippen molar-refractivity contribution in [2.75, 3.05) is 6.61 Å². The number of urea groups is 1. The molecule has 0 saturated heterocycles. The molecule has 0 aromatic heterocycles. The Labute approximate surface area is 123 Å². The van der Waals surface area contributed by atoms with E-state index in [-0.39, 0.29) is 24.7 Å². The lowest BCUT2D eigenvalue weighted by Crippen LogP contribution is -2.46. The lowest BCUT2D eigenvalue weighted by molar-refractivity contribution is -0.148. The van der Waals surface area contributed by atoms with E-state index in [2.05, 4.69) is 15.4 Å². The lowest BCUT2D eigenvalue weighted by atomic mass is 9.96. The molecule has 21 heavy (non-hydrogen) atoms. The summed E-state index contributed by atoms with van der Waals surface area (Å²) >= 11 is 0. The highest BCUT2D eigenvalue weighted by molar-refractivity contribution is 5.95. The Morgan fingerprint density at radius 3 is 2.33 bits per heavy atom. The minimum atomic E-state index is -0.681. The van der Waals surface area contributed by atoms with Crippen molar-refractivity contribution in [3.63, 3.8) is 0 Å². The molecule has 0 atom stereocenters. The second kappa shape index (κ2) is 9.10. The van der Waals surface area contributed by atoms with Crippen molar-refractivity contribution in [1.29, 1.82) is 0 Å². The third-order valence-corrected chi connectivity index (χ3v) is 3.24. The summed E-state index contributed by atoms with van der Waals surface area (Å²) in [6.45, 7) is 0.852. The van der Waals surface area contributed by atoms with Gasteiger partial charge in [0, 0.05) is 12.5 Å². The van der Waals surface area contributed by atoms with Crippen molar-refractivity contribution in [3.8, 4) is 0 Å². The number of carbonyl (C=O) groups is 4. The summed E-state index contributed by atoms with van der Waals surface area (Å²) in [6, 6.07) is -0.462. The van der Waals surface area contributed by atoms with Crippen LogP contribution in [0.2, 0.25) is 0 Å². The van der Waals surface area contributed by atoms with Crippen LogP contribution >= 0.6 is 0 Å². The molecule has 0 aromatic rings. The molecule has 0 bridgehead atoms. The van der Waals surface area contributed by atoms with Crippen LogP contribution in [0.25, 0.3) is 0 Å². The van der Waals surface area contributed by atoms with Crippen LogP contribution in [0.3, 0.4) is 0 Å². The molecule has 0 unspecified atom stereocenters. The number of rotatable bonds is 6. The number of Topliss-reactive ketones (excluding diaryl/α,β-unsaturated/α-hetero) is 1. The first-order chi connectivity index (χ1) is 9.97. The van der Waals surface area contributed by atoms with E-state index in [0.717, 1.165) is 25.7 Å². The number of imide groups is 1. The molecule has 0 spiro atoms. The smallest absolute Gasteiger partial charge is 0.321 e. The fourth-order valence-corrected chi connectivity index (χ4v) is 2.13. The Hall–Kier alpha value is -1.92. The van der Waals surface area contributed by atoms with E-state index in [1.54, 1.807) is 0 Å². The summed E-state index contributed by atoms with van der Waals surface area (Å²) in [4.78, 5) is 44.9. The maximum absolute atomic E-state index is 11.6. The van der Waals surface area contributed by atoms with Gasteiger partial charge in [-0.25, -0.2) is 4.79 Å². The predicted octanol–water partition coefficient (Wildman–Crippen LogP) is 1.06. The average molecular weight is 298 g/mol. The summed E-state index contributed by atoms with van der Waals surface area (Å²) in [5, 5.41) is 4.84. The molecule has 1 aliphatic carbocycles. The van der Waals surface area contributed by atoms with Crippen LogP contribution in [0, 0.1) is 0 Å². The molecular formula is C14H22N2O5. The van der Waals surface area contributed by atoms with E-state index in [1.807, 2.05) is 0 Å². The van der Waals surface area contributed by atoms with E-state index in [1.165, 1.54) is 13.3 Å². The van der Waals surface area contributed by atoms with Crippen LogP contribution < -0.4 is 10.6 Å². The summed E-state index contributed by atoms with van der Waals surface area (Å²) in [5.74, 6) is -1.43. The predicted molar refractivity (Wildman–Crippen MR) is 74.4 cm³/mol. The first kappa shape index (κ1) is 17.1. The Bertz CT molecular complexity index is 402. The molecule has 0 radical (unpaired) electrons. The standard InChI is InChI=1S/C14H22N2O5/c1-10(17)7-8-13(19)21-9-12(18)16-14(20)15-11-5-3-2-4-6-11/h11H,2-9H2,1H3,(H2,15,16,18,20). The fourth-order valence-electron chi connectivity index (χ4n) is 2.13. The SMILES string of the molecule is CC(=O)CCC(=O)OCC(=O)NC(=O)NC1CCCCC1.